The van der Waals surface area contributed by atoms with E-state index in [1.54, 1.807) is 6.08 Å². The van der Waals surface area contributed by atoms with Gasteiger partial charge in [-0.15, -0.1) is 0 Å². The molecule has 1 N–H and O–H groups in total. The fourth-order valence-electron chi connectivity index (χ4n) is 3.77. The predicted molar refractivity (Wildman–Crippen MR) is 88.5 cm³/mol. The molecule has 3 rings (SSSR count). The topological polar surface area (TPSA) is 40.5 Å². The summed E-state index contributed by atoms with van der Waals surface area (Å²) in [5.74, 6) is -0.0881. The minimum absolute atomic E-state index is 0.630. The Balaban J connectivity index is 1.93. The summed E-state index contributed by atoms with van der Waals surface area (Å²) in [5, 5.41) is 8.86. The van der Waals surface area contributed by atoms with Crippen molar-refractivity contribution in [1.29, 1.82) is 0 Å². The van der Waals surface area contributed by atoms with E-state index < -0.39 is 5.97 Å². The fraction of sp³-hybridized carbons (Fsp3) is 0.471. The molecule has 1 heterocycles. The second-order valence-electron chi connectivity index (χ2n) is 5.97. The van der Waals surface area contributed by atoms with Crippen LogP contribution in [0.1, 0.15) is 37.7 Å². The van der Waals surface area contributed by atoms with Crippen LogP contribution < -0.4 is 4.90 Å². The Kier molecular flexibility index (Phi) is 4.34. The van der Waals surface area contributed by atoms with Gasteiger partial charge in [0.25, 0.3) is 0 Å². The molecule has 0 radical (unpaired) electrons. The van der Waals surface area contributed by atoms with Crippen LogP contribution in [-0.4, -0.2) is 23.7 Å². The van der Waals surface area contributed by atoms with Crippen LogP contribution in [0.15, 0.2) is 28.7 Å². The van der Waals surface area contributed by atoms with Crippen molar-refractivity contribution in [3.05, 3.63) is 34.3 Å². The van der Waals surface area contributed by atoms with Gasteiger partial charge < -0.3 is 10.0 Å². The molecule has 0 bridgehead atoms. The van der Waals surface area contributed by atoms with Crippen LogP contribution in [0, 0.1) is 5.92 Å². The highest BCUT2D eigenvalue weighted by Crippen LogP contribution is 2.40. The number of carboxylic acids is 1. The molecule has 1 saturated heterocycles. The number of hydrogen-bond donors (Lipinski definition) is 1. The Morgan fingerprint density at radius 2 is 2.10 bits per heavy atom. The first-order valence-corrected chi connectivity index (χ1v) is 8.41. The molecule has 1 saturated carbocycles. The zero-order valence-electron chi connectivity index (χ0n) is 12.0. The number of halogens is 1. The lowest BCUT2D eigenvalue weighted by molar-refractivity contribution is -0.131. The summed E-state index contributed by atoms with van der Waals surface area (Å²) in [5.41, 5.74) is 2.16. The molecule has 21 heavy (non-hydrogen) atoms. The molecule has 1 aromatic rings. The number of rotatable bonds is 3. The molecule has 0 spiro atoms. The molecule has 0 amide bonds. The lowest BCUT2D eigenvalue weighted by Gasteiger charge is -2.34. The highest BCUT2D eigenvalue weighted by atomic mass is 79.9. The number of anilines is 1. The second-order valence-corrected chi connectivity index (χ2v) is 6.88. The van der Waals surface area contributed by atoms with Gasteiger partial charge in [0, 0.05) is 28.8 Å². The summed E-state index contributed by atoms with van der Waals surface area (Å²) in [7, 11) is 0. The first-order valence-electron chi connectivity index (χ1n) is 7.62. The van der Waals surface area contributed by atoms with Gasteiger partial charge in [-0.05, 0) is 49.0 Å². The van der Waals surface area contributed by atoms with Gasteiger partial charge >= 0.3 is 5.97 Å². The van der Waals surface area contributed by atoms with E-state index in [0.29, 0.717) is 6.04 Å². The van der Waals surface area contributed by atoms with E-state index in [1.165, 1.54) is 38.2 Å². The first-order chi connectivity index (χ1) is 10.1. The monoisotopic (exact) mass is 349 g/mol. The molecule has 1 aliphatic heterocycles. The van der Waals surface area contributed by atoms with E-state index >= 15 is 0 Å². The summed E-state index contributed by atoms with van der Waals surface area (Å²) in [6.45, 7) is 1.08. The van der Waals surface area contributed by atoms with E-state index in [9.17, 15) is 4.79 Å². The highest BCUT2D eigenvalue weighted by Gasteiger charge is 2.36. The average molecular weight is 350 g/mol. The Labute approximate surface area is 133 Å². The van der Waals surface area contributed by atoms with Gasteiger partial charge in [0.05, 0.1) is 0 Å². The van der Waals surface area contributed by atoms with Crippen LogP contribution in [0.5, 0.6) is 0 Å². The molecule has 0 aromatic heterocycles. The largest absolute Gasteiger partial charge is 0.478 e. The third-order valence-electron chi connectivity index (χ3n) is 4.72. The number of nitrogens with zero attached hydrogens (tertiary/aromatic N) is 1. The average Bonchev–Trinajstić information content (AvgIpc) is 2.89. The Hall–Kier alpha value is -1.29. The maximum absolute atomic E-state index is 10.8. The van der Waals surface area contributed by atoms with Crippen molar-refractivity contribution >= 4 is 33.7 Å². The molecule has 2 fully saturated rings. The Morgan fingerprint density at radius 1 is 1.29 bits per heavy atom. The zero-order valence-corrected chi connectivity index (χ0v) is 13.6. The smallest absolute Gasteiger partial charge is 0.328 e. The number of carboxylic acid groups (broad SMARTS) is 1. The molecule has 2 atom stereocenters. The van der Waals surface area contributed by atoms with E-state index in [-0.39, 0.29) is 0 Å². The summed E-state index contributed by atoms with van der Waals surface area (Å²) in [4.78, 5) is 13.3. The molecule has 4 heteroatoms. The fourth-order valence-corrected chi connectivity index (χ4v) is 4.12. The molecule has 1 aliphatic carbocycles. The van der Waals surface area contributed by atoms with Crippen LogP contribution in [0.25, 0.3) is 6.08 Å². The summed E-state index contributed by atoms with van der Waals surface area (Å²) < 4.78 is 1.05. The molecular formula is C17H20BrNO2. The number of benzene rings is 1. The van der Waals surface area contributed by atoms with E-state index in [0.717, 1.165) is 28.2 Å². The van der Waals surface area contributed by atoms with Crippen LogP contribution in [0.2, 0.25) is 0 Å². The van der Waals surface area contributed by atoms with Crippen molar-refractivity contribution in [2.75, 3.05) is 11.4 Å². The number of carbonyl (C=O) groups is 1. The Morgan fingerprint density at radius 3 is 2.90 bits per heavy atom. The minimum Gasteiger partial charge on any atom is -0.478 e. The molecule has 2 unspecified atom stereocenters. The van der Waals surface area contributed by atoms with Crippen molar-refractivity contribution in [2.45, 2.75) is 38.1 Å². The van der Waals surface area contributed by atoms with Crippen molar-refractivity contribution in [2.24, 2.45) is 5.92 Å². The minimum atomic E-state index is -0.902. The van der Waals surface area contributed by atoms with Crippen LogP contribution in [0.4, 0.5) is 5.69 Å². The molecule has 1 aromatic carbocycles. The summed E-state index contributed by atoms with van der Waals surface area (Å²) in [6, 6.07) is 6.72. The lowest BCUT2D eigenvalue weighted by Crippen LogP contribution is -2.35. The maximum atomic E-state index is 10.8. The van der Waals surface area contributed by atoms with Crippen LogP contribution in [-0.2, 0) is 4.79 Å². The number of hydrogen-bond acceptors (Lipinski definition) is 2. The predicted octanol–water partition coefficient (Wildman–Crippen LogP) is 4.32. The zero-order chi connectivity index (χ0) is 14.8. The molecule has 3 nitrogen and oxygen atoms in total. The quantitative estimate of drug-likeness (QED) is 0.826. The lowest BCUT2D eigenvalue weighted by atomic mass is 9.85. The van der Waals surface area contributed by atoms with Crippen molar-refractivity contribution in [1.82, 2.24) is 0 Å². The van der Waals surface area contributed by atoms with Crippen molar-refractivity contribution in [3.8, 4) is 0 Å². The van der Waals surface area contributed by atoms with Crippen molar-refractivity contribution < 1.29 is 9.90 Å². The highest BCUT2D eigenvalue weighted by molar-refractivity contribution is 9.10. The van der Waals surface area contributed by atoms with E-state index in [1.807, 2.05) is 12.1 Å². The normalized spacial score (nSPS) is 25.3. The van der Waals surface area contributed by atoms with E-state index in [4.69, 9.17) is 5.11 Å². The first kappa shape index (κ1) is 14.6. The van der Waals surface area contributed by atoms with Gasteiger partial charge in [-0.25, -0.2) is 4.79 Å². The second kappa shape index (κ2) is 6.22. The molecule has 112 valence electrons. The maximum Gasteiger partial charge on any atom is 0.328 e. The van der Waals surface area contributed by atoms with Crippen LogP contribution in [0.3, 0.4) is 0 Å². The third kappa shape index (κ3) is 3.15. The van der Waals surface area contributed by atoms with Crippen LogP contribution >= 0.6 is 15.9 Å². The SMILES string of the molecule is O=C(O)/C=C/c1ccc(Br)cc1N1CCC2CCCCC21. The summed E-state index contributed by atoms with van der Waals surface area (Å²) in [6.07, 6.45) is 9.47. The van der Waals surface area contributed by atoms with Gasteiger partial charge in [0.1, 0.15) is 0 Å². The van der Waals surface area contributed by atoms with Gasteiger partial charge in [-0.1, -0.05) is 34.8 Å². The van der Waals surface area contributed by atoms with Crippen molar-refractivity contribution in [3.63, 3.8) is 0 Å². The molecule has 2 aliphatic rings. The third-order valence-corrected chi connectivity index (χ3v) is 5.21. The number of aliphatic carboxylic acids is 1. The van der Waals surface area contributed by atoms with Gasteiger partial charge in [-0.2, -0.15) is 0 Å². The molecular weight excluding hydrogens is 330 g/mol. The van der Waals surface area contributed by atoms with Gasteiger partial charge in [0.2, 0.25) is 0 Å². The number of fused-ring (bicyclic) bond motifs is 1. The van der Waals surface area contributed by atoms with Gasteiger partial charge in [0.15, 0.2) is 0 Å². The van der Waals surface area contributed by atoms with E-state index in [2.05, 4.69) is 26.9 Å². The van der Waals surface area contributed by atoms with Gasteiger partial charge in [-0.3, -0.25) is 0 Å². The standard InChI is InChI=1S/C17H20BrNO2/c18-14-7-5-13(6-8-17(20)21)16(11-14)19-10-9-12-3-1-2-4-15(12)19/h5-8,11-12,15H,1-4,9-10H2,(H,20,21)/b8-6+. The summed E-state index contributed by atoms with van der Waals surface area (Å²) >= 11 is 3.54. The Bertz CT molecular complexity index is 570.